The van der Waals surface area contributed by atoms with Crippen LogP contribution in [0.3, 0.4) is 0 Å². The van der Waals surface area contributed by atoms with Crippen molar-refractivity contribution in [3.63, 3.8) is 0 Å². The second kappa shape index (κ2) is 7.42. The maximum absolute atomic E-state index is 6.26. The Balaban J connectivity index is 1.90. The van der Waals surface area contributed by atoms with Gasteiger partial charge in [0.25, 0.3) is 0 Å². The predicted molar refractivity (Wildman–Crippen MR) is 91.3 cm³/mol. The Morgan fingerprint density at radius 2 is 2.00 bits per heavy atom. The predicted octanol–water partition coefficient (Wildman–Crippen LogP) is 3.89. The van der Waals surface area contributed by atoms with Crippen molar-refractivity contribution in [1.82, 2.24) is 4.90 Å². The number of benzene rings is 1. The molecule has 118 valence electrons. The highest BCUT2D eigenvalue weighted by atomic mass is 15.1. The maximum atomic E-state index is 6.26. The molecule has 0 radical (unpaired) electrons. The number of piperidine rings is 1. The molecule has 2 atom stereocenters. The average molecular weight is 288 g/mol. The molecule has 1 aliphatic rings. The van der Waals surface area contributed by atoms with Crippen LogP contribution in [0.25, 0.3) is 0 Å². The minimum absolute atomic E-state index is 0.358. The topological polar surface area (TPSA) is 29.3 Å². The minimum Gasteiger partial charge on any atom is -0.327 e. The van der Waals surface area contributed by atoms with Gasteiger partial charge in [-0.2, -0.15) is 0 Å². The third-order valence-electron chi connectivity index (χ3n) is 5.04. The van der Waals surface area contributed by atoms with E-state index in [0.717, 1.165) is 12.5 Å². The Kier molecular flexibility index (Phi) is 5.83. The lowest BCUT2D eigenvalue weighted by atomic mass is 9.87. The fourth-order valence-electron chi connectivity index (χ4n) is 3.30. The van der Waals surface area contributed by atoms with Crippen LogP contribution in [0.2, 0.25) is 0 Å². The quantitative estimate of drug-likeness (QED) is 0.890. The van der Waals surface area contributed by atoms with E-state index in [4.69, 9.17) is 5.73 Å². The molecule has 1 fully saturated rings. The van der Waals surface area contributed by atoms with E-state index in [1.807, 2.05) is 0 Å². The van der Waals surface area contributed by atoms with E-state index in [0.29, 0.717) is 12.0 Å². The van der Waals surface area contributed by atoms with Crippen LogP contribution < -0.4 is 5.73 Å². The van der Waals surface area contributed by atoms with Crippen molar-refractivity contribution < 1.29 is 0 Å². The first-order chi connectivity index (χ1) is 9.95. The summed E-state index contributed by atoms with van der Waals surface area (Å²) in [6.07, 6.45) is 3.85. The molecule has 1 aromatic rings. The molecule has 0 bridgehead atoms. The molecule has 2 nitrogen and oxygen atoms in total. The molecule has 0 spiro atoms. The van der Waals surface area contributed by atoms with E-state index in [2.05, 4.69) is 50.8 Å². The smallest absolute Gasteiger partial charge is 0.0233 e. The van der Waals surface area contributed by atoms with E-state index in [1.165, 1.54) is 49.0 Å². The summed E-state index contributed by atoms with van der Waals surface area (Å²) in [5.74, 6) is 1.38. The second-order valence-electron chi connectivity index (χ2n) is 7.31. The molecule has 1 aromatic carbocycles. The monoisotopic (exact) mass is 288 g/mol. The lowest BCUT2D eigenvalue weighted by molar-refractivity contribution is 0.152. The van der Waals surface area contributed by atoms with Gasteiger partial charge in [0, 0.05) is 19.1 Å². The van der Waals surface area contributed by atoms with Gasteiger partial charge in [-0.1, -0.05) is 32.0 Å². The van der Waals surface area contributed by atoms with E-state index < -0.39 is 0 Å². The molecule has 1 saturated heterocycles. The molecule has 1 heterocycles. The average Bonchev–Trinajstić information content (AvgIpc) is 2.43. The number of aryl methyl sites for hydroxylation is 2. The number of rotatable bonds is 5. The zero-order valence-electron chi connectivity index (χ0n) is 14.2. The molecule has 0 saturated carbocycles. The number of nitrogens with two attached hydrogens (primary N) is 1. The lowest BCUT2D eigenvalue weighted by Crippen LogP contribution is -2.38. The number of hydrogen-bond donors (Lipinski definition) is 1. The van der Waals surface area contributed by atoms with Crippen molar-refractivity contribution in [3.8, 4) is 0 Å². The first-order valence-corrected chi connectivity index (χ1v) is 8.49. The van der Waals surface area contributed by atoms with E-state index in [-0.39, 0.29) is 0 Å². The van der Waals surface area contributed by atoms with Gasteiger partial charge in [-0.15, -0.1) is 0 Å². The molecule has 21 heavy (non-hydrogen) atoms. The third-order valence-corrected chi connectivity index (χ3v) is 5.04. The van der Waals surface area contributed by atoms with Crippen molar-refractivity contribution in [3.05, 3.63) is 34.9 Å². The summed E-state index contributed by atoms with van der Waals surface area (Å²) in [6, 6.07) is 7.24. The first-order valence-electron chi connectivity index (χ1n) is 8.49. The normalized spacial score (nSPS) is 21.7. The van der Waals surface area contributed by atoms with Crippen molar-refractivity contribution in [2.45, 2.75) is 59.5 Å². The molecular weight excluding hydrogens is 256 g/mol. The lowest BCUT2D eigenvalue weighted by Gasteiger charge is -2.34. The molecule has 2 N–H and O–H groups in total. The first kappa shape index (κ1) is 16.5. The van der Waals surface area contributed by atoms with Gasteiger partial charge < -0.3 is 5.73 Å². The van der Waals surface area contributed by atoms with Gasteiger partial charge in [-0.25, -0.2) is 0 Å². The molecule has 2 rings (SSSR count). The highest BCUT2D eigenvalue weighted by Gasteiger charge is 2.22. The SMILES string of the molecule is Cc1ccc(CN2CCCC(CC(N)C(C)C)C2)cc1C. The van der Waals surface area contributed by atoms with Gasteiger partial charge in [0.2, 0.25) is 0 Å². The van der Waals surface area contributed by atoms with Gasteiger partial charge >= 0.3 is 0 Å². The summed E-state index contributed by atoms with van der Waals surface area (Å²) >= 11 is 0. The van der Waals surface area contributed by atoms with Crippen LogP contribution in [0.15, 0.2) is 18.2 Å². The Hall–Kier alpha value is -0.860. The van der Waals surface area contributed by atoms with Gasteiger partial charge in [0.05, 0.1) is 0 Å². The van der Waals surface area contributed by atoms with Crippen LogP contribution in [0, 0.1) is 25.7 Å². The summed E-state index contributed by atoms with van der Waals surface area (Å²) < 4.78 is 0. The zero-order chi connectivity index (χ0) is 15.4. The maximum Gasteiger partial charge on any atom is 0.0233 e. The van der Waals surface area contributed by atoms with Crippen LogP contribution >= 0.6 is 0 Å². The summed E-state index contributed by atoms with van der Waals surface area (Å²) in [7, 11) is 0. The van der Waals surface area contributed by atoms with Crippen molar-refractivity contribution in [1.29, 1.82) is 0 Å². The third kappa shape index (κ3) is 4.82. The fourth-order valence-corrected chi connectivity index (χ4v) is 3.30. The molecule has 0 aliphatic carbocycles. The van der Waals surface area contributed by atoms with Crippen molar-refractivity contribution in [2.24, 2.45) is 17.6 Å². The highest BCUT2D eigenvalue weighted by molar-refractivity contribution is 5.29. The summed E-state index contributed by atoms with van der Waals surface area (Å²) in [6.45, 7) is 12.4. The van der Waals surface area contributed by atoms with Gasteiger partial charge in [0.15, 0.2) is 0 Å². The highest BCUT2D eigenvalue weighted by Crippen LogP contribution is 2.24. The molecular formula is C19H32N2. The second-order valence-corrected chi connectivity index (χ2v) is 7.31. The van der Waals surface area contributed by atoms with Gasteiger partial charge in [0.1, 0.15) is 0 Å². The molecule has 0 aromatic heterocycles. The summed E-state index contributed by atoms with van der Waals surface area (Å²) in [4.78, 5) is 2.62. The fraction of sp³-hybridized carbons (Fsp3) is 0.684. The summed E-state index contributed by atoms with van der Waals surface area (Å²) in [5, 5.41) is 0. The van der Waals surface area contributed by atoms with Gasteiger partial charge in [-0.3, -0.25) is 4.90 Å². The zero-order valence-corrected chi connectivity index (χ0v) is 14.2. The Labute approximate surface area is 130 Å². The van der Waals surface area contributed by atoms with Crippen LogP contribution in [-0.2, 0) is 6.54 Å². The van der Waals surface area contributed by atoms with Crippen molar-refractivity contribution >= 4 is 0 Å². The van der Waals surface area contributed by atoms with E-state index in [9.17, 15) is 0 Å². The van der Waals surface area contributed by atoms with Gasteiger partial charge in [-0.05, 0) is 68.2 Å². The molecule has 2 unspecified atom stereocenters. The van der Waals surface area contributed by atoms with Crippen molar-refractivity contribution in [2.75, 3.05) is 13.1 Å². The Morgan fingerprint density at radius 3 is 2.67 bits per heavy atom. The Morgan fingerprint density at radius 1 is 1.24 bits per heavy atom. The molecule has 2 heteroatoms. The molecule has 0 amide bonds. The van der Waals surface area contributed by atoms with Crippen LogP contribution in [0.4, 0.5) is 0 Å². The largest absolute Gasteiger partial charge is 0.327 e. The number of likely N-dealkylation sites (tertiary alicyclic amines) is 1. The van der Waals surface area contributed by atoms with E-state index >= 15 is 0 Å². The minimum atomic E-state index is 0.358. The standard InChI is InChI=1S/C19H32N2/c1-14(2)19(20)11-17-6-5-9-21(12-17)13-18-8-7-15(3)16(4)10-18/h7-8,10,14,17,19H,5-6,9,11-13,20H2,1-4H3. The van der Waals surface area contributed by atoms with Crippen LogP contribution in [0.1, 0.15) is 49.8 Å². The number of nitrogens with zero attached hydrogens (tertiary/aromatic N) is 1. The molecule has 1 aliphatic heterocycles. The van der Waals surface area contributed by atoms with Crippen LogP contribution in [-0.4, -0.2) is 24.0 Å². The van der Waals surface area contributed by atoms with E-state index in [1.54, 1.807) is 0 Å². The Bertz CT molecular complexity index is 453. The summed E-state index contributed by atoms with van der Waals surface area (Å²) in [5.41, 5.74) is 10.5. The number of hydrogen-bond acceptors (Lipinski definition) is 2. The van der Waals surface area contributed by atoms with Crippen LogP contribution in [0.5, 0.6) is 0 Å².